The van der Waals surface area contributed by atoms with Crippen molar-refractivity contribution in [2.45, 2.75) is 6.92 Å². The van der Waals surface area contributed by atoms with Crippen molar-refractivity contribution in [1.82, 2.24) is 10.3 Å². The molecule has 2 saturated heterocycles. The van der Waals surface area contributed by atoms with E-state index in [0.29, 0.717) is 29.6 Å². The van der Waals surface area contributed by atoms with Crippen LogP contribution in [-0.4, -0.2) is 67.4 Å². The van der Waals surface area contributed by atoms with Gasteiger partial charge in [0.05, 0.1) is 24.7 Å². The summed E-state index contributed by atoms with van der Waals surface area (Å²) in [7, 11) is 0. The zero-order chi connectivity index (χ0) is 22.5. The van der Waals surface area contributed by atoms with E-state index in [-0.39, 0.29) is 16.8 Å². The number of ether oxygens (including phenoxy) is 3. The highest BCUT2D eigenvalue weighted by atomic mass is 32.2. The first-order valence-corrected chi connectivity index (χ1v) is 11.1. The minimum absolute atomic E-state index is 0.0112. The second kappa shape index (κ2) is 10.0. The van der Waals surface area contributed by atoms with Crippen LogP contribution in [0.3, 0.4) is 0 Å². The molecule has 4 rings (SSSR count). The van der Waals surface area contributed by atoms with E-state index < -0.39 is 5.91 Å². The molecule has 0 bridgehead atoms. The monoisotopic (exact) mass is 461 g/mol. The molecule has 1 aromatic carbocycles. The van der Waals surface area contributed by atoms with Crippen molar-refractivity contribution >= 4 is 40.5 Å². The van der Waals surface area contributed by atoms with Gasteiger partial charge in [-0.3, -0.25) is 10.2 Å². The average Bonchev–Trinajstić information content (AvgIpc) is 3.32. The summed E-state index contributed by atoms with van der Waals surface area (Å²) in [4.78, 5) is 15.7. The van der Waals surface area contributed by atoms with E-state index in [1.807, 2.05) is 25.1 Å². The van der Waals surface area contributed by atoms with Crippen molar-refractivity contribution in [2.24, 2.45) is 0 Å². The molecule has 32 heavy (non-hydrogen) atoms. The Morgan fingerprint density at radius 3 is 2.81 bits per heavy atom. The number of thioether (sulfide) groups is 1. The van der Waals surface area contributed by atoms with Crippen LogP contribution in [0.2, 0.25) is 0 Å². The number of carbonyl (C=O) groups excluding carboxylic acids is 1. The SMILES string of the molecule is CCOc1cc(/C=C2\SC(=N)N(c3nonc3N)C2=O)ccc1OCC[NH+]1CCOCC1. The highest BCUT2D eigenvalue weighted by molar-refractivity contribution is 8.19. The van der Waals surface area contributed by atoms with E-state index in [9.17, 15) is 4.79 Å². The number of nitrogens with two attached hydrogens (primary N) is 1. The van der Waals surface area contributed by atoms with Gasteiger partial charge in [0, 0.05) is 0 Å². The van der Waals surface area contributed by atoms with Crippen LogP contribution < -0.4 is 25.0 Å². The van der Waals surface area contributed by atoms with Gasteiger partial charge in [0.25, 0.3) is 5.91 Å². The smallest absolute Gasteiger partial charge is 0.272 e. The van der Waals surface area contributed by atoms with Gasteiger partial charge < -0.3 is 24.8 Å². The van der Waals surface area contributed by atoms with Crippen LogP contribution in [0, 0.1) is 5.41 Å². The molecule has 170 valence electrons. The maximum Gasteiger partial charge on any atom is 0.272 e. The lowest BCUT2D eigenvalue weighted by atomic mass is 10.2. The fraction of sp³-hybridized carbons (Fsp3) is 0.400. The summed E-state index contributed by atoms with van der Waals surface area (Å²) in [6.45, 7) is 7.40. The third-order valence-corrected chi connectivity index (χ3v) is 5.90. The number of hydrogen-bond donors (Lipinski definition) is 3. The zero-order valence-corrected chi connectivity index (χ0v) is 18.4. The molecule has 0 unspecified atom stereocenters. The topological polar surface area (TPSA) is 141 Å². The molecule has 12 heteroatoms. The van der Waals surface area contributed by atoms with Gasteiger partial charge in [-0.1, -0.05) is 6.07 Å². The normalized spacial score (nSPS) is 18.5. The number of quaternary nitrogens is 1. The van der Waals surface area contributed by atoms with Crippen molar-refractivity contribution in [3.63, 3.8) is 0 Å². The van der Waals surface area contributed by atoms with Gasteiger partial charge in [0.1, 0.15) is 26.2 Å². The Bertz CT molecular complexity index is 1020. The summed E-state index contributed by atoms with van der Waals surface area (Å²) >= 11 is 1.01. The standard InChI is InChI=1S/C20H24N6O5S/c1-2-29-15-11-13(3-4-14(15)30-10-7-25-5-8-28-9-6-25)12-16-19(27)26(20(22)32-16)18-17(21)23-31-24-18/h3-4,11-12,22H,2,5-10H2,1H3,(H2,21,23)/p+1/b16-12-,22-20?. The van der Waals surface area contributed by atoms with Crippen molar-refractivity contribution in [3.8, 4) is 11.5 Å². The number of morpholine rings is 1. The van der Waals surface area contributed by atoms with E-state index in [1.165, 1.54) is 4.90 Å². The van der Waals surface area contributed by atoms with Crippen molar-refractivity contribution in [1.29, 1.82) is 5.41 Å². The number of aromatic nitrogens is 2. The van der Waals surface area contributed by atoms with Gasteiger partial charge in [-0.25, -0.2) is 9.53 Å². The number of amidine groups is 1. The maximum absolute atomic E-state index is 12.8. The summed E-state index contributed by atoms with van der Waals surface area (Å²) in [5.41, 5.74) is 6.42. The fourth-order valence-electron chi connectivity index (χ4n) is 3.39. The molecular weight excluding hydrogens is 436 g/mol. The molecule has 1 amide bonds. The number of amides is 1. The van der Waals surface area contributed by atoms with Crippen LogP contribution in [0.5, 0.6) is 11.5 Å². The third kappa shape index (κ3) is 4.87. The van der Waals surface area contributed by atoms with Gasteiger partial charge in [-0.15, -0.1) is 0 Å². The first-order valence-electron chi connectivity index (χ1n) is 10.3. The molecule has 2 aliphatic rings. The molecule has 0 aliphatic carbocycles. The van der Waals surface area contributed by atoms with E-state index in [4.69, 9.17) is 25.4 Å². The van der Waals surface area contributed by atoms with Crippen LogP contribution in [0.25, 0.3) is 6.08 Å². The molecule has 4 N–H and O–H groups in total. The Hall–Kier alpha value is -3.09. The summed E-state index contributed by atoms with van der Waals surface area (Å²) in [5, 5.41) is 15.2. The number of rotatable bonds is 8. The number of carbonyl (C=O) groups is 1. The number of nitrogens with one attached hydrogen (secondary N) is 2. The first kappa shape index (κ1) is 22.1. The molecule has 11 nitrogen and oxygen atoms in total. The minimum Gasteiger partial charge on any atom is -0.490 e. The zero-order valence-electron chi connectivity index (χ0n) is 17.6. The van der Waals surface area contributed by atoms with Crippen molar-refractivity contribution in [2.75, 3.05) is 56.7 Å². The van der Waals surface area contributed by atoms with Gasteiger partial charge >= 0.3 is 0 Å². The van der Waals surface area contributed by atoms with Crippen LogP contribution >= 0.6 is 11.8 Å². The Labute approximate surface area is 188 Å². The minimum atomic E-state index is -0.422. The number of nitrogen functional groups attached to an aromatic ring is 1. The average molecular weight is 462 g/mol. The summed E-state index contributed by atoms with van der Waals surface area (Å²) in [6, 6.07) is 5.50. The van der Waals surface area contributed by atoms with E-state index >= 15 is 0 Å². The van der Waals surface area contributed by atoms with E-state index in [1.54, 1.807) is 6.08 Å². The molecular formula is C20H25N6O5S+. The third-order valence-electron chi connectivity index (χ3n) is 5.01. The molecule has 2 fully saturated rings. The van der Waals surface area contributed by atoms with Crippen molar-refractivity contribution in [3.05, 3.63) is 28.7 Å². The molecule has 0 saturated carbocycles. The first-order chi connectivity index (χ1) is 15.6. The summed E-state index contributed by atoms with van der Waals surface area (Å²) < 4.78 is 21.7. The Morgan fingerprint density at radius 2 is 2.09 bits per heavy atom. The molecule has 0 radical (unpaired) electrons. The second-order valence-electron chi connectivity index (χ2n) is 7.13. The van der Waals surface area contributed by atoms with Gasteiger partial charge in [0.2, 0.25) is 11.6 Å². The molecule has 3 heterocycles. The maximum atomic E-state index is 12.8. The van der Waals surface area contributed by atoms with Crippen LogP contribution in [0.15, 0.2) is 27.7 Å². The fourth-order valence-corrected chi connectivity index (χ4v) is 4.24. The Morgan fingerprint density at radius 1 is 1.28 bits per heavy atom. The number of benzene rings is 1. The molecule has 0 spiro atoms. The Balaban J connectivity index is 1.47. The lowest BCUT2D eigenvalue weighted by Crippen LogP contribution is -3.14. The van der Waals surface area contributed by atoms with Gasteiger partial charge in [-0.2, -0.15) is 0 Å². The van der Waals surface area contributed by atoms with Gasteiger partial charge in [0.15, 0.2) is 16.7 Å². The number of anilines is 2. The number of hydrogen-bond acceptors (Lipinski definition) is 10. The molecule has 0 atom stereocenters. The van der Waals surface area contributed by atoms with E-state index in [2.05, 4.69) is 14.9 Å². The van der Waals surface area contributed by atoms with E-state index in [0.717, 1.165) is 55.1 Å². The predicted molar refractivity (Wildman–Crippen MR) is 119 cm³/mol. The van der Waals surface area contributed by atoms with Crippen LogP contribution in [0.1, 0.15) is 12.5 Å². The summed E-state index contributed by atoms with van der Waals surface area (Å²) in [6.07, 6.45) is 1.69. The lowest BCUT2D eigenvalue weighted by Gasteiger charge is -2.23. The van der Waals surface area contributed by atoms with Gasteiger partial charge in [-0.05, 0) is 52.8 Å². The molecule has 2 aromatic rings. The highest BCUT2D eigenvalue weighted by Crippen LogP contribution is 2.37. The molecule has 1 aromatic heterocycles. The number of nitrogens with zero attached hydrogens (tertiary/aromatic N) is 3. The van der Waals surface area contributed by atoms with Crippen LogP contribution in [-0.2, 0) is 9.53 Å². The molecule has 2 aliphatic heterocycles. The predicted octanol–water partition coefficient (Wildman–Crippen LogP) is 0.400. The lowest BCUT2D eigenvalue weighted by molar-refractivity contribution is -0.908. The Kier molecular flexibility index (Phi) is 6.93. The van der Waals surface area contributed by atoms with Crippen molar-refractivity contribution < 1.29 is 28.5 Å². The van der Waals surface area contributed by atoms with Crippen LogP contribution in [0.4, 0.5) is 11.6 Å². The highest BCUT2D eigenvalue weighted by Gasteiger charge is 2.37. The quantitative estimate of drug-likeness (QED) is 0.476. The largest absolute Gasteiger partial charge is 0.490 e. The summed E-state index contributed by atoms with van der Waals surface area (Å²) in [5.74, 6) is 0.796. The second-order valence-corrected chi connectivity index (χ2v) is 8.16.